The lowest BCUT2D eigenvalue weighted by atomic mass is 10.2. The number of rotatable bonds is 6. The molecule has 1 atom stereocenters. The lowest BCUT2D eigenvalue weighted by molar-refractivity contribution is -0.150. The Morgan fingerprint density at radius 1 is 1.21 bits per heavy atom. The standard InChI is InChI=1S/C18H16N2O3S/c1-13(18(22)20-15-7-5-6-14(10-15)11-19)23-17(21)12-24-16-8-3-2-4-9-16/h2-10,13H,12H2,1H3,(H,20,22)/t13-/m0/s1. The molecule has 0 radical (unpaired) electrons. The van der Waals surface area contributed by atoms with Gasteiger partial charge in [0.15, 0.2) is 6.10 Å². The molecule has 6 heteroatoms. The van der Waals surface area contributed by atoms with Gasteiger partial charge in [-0.2, -0.15) is 5.26 Å². The molecule has 2 aromatic rings. The summed E-state index contributed by atoms with van der Waals surface area (Å²) in [5, 5.41) is 11.5. The van der Waals surface area contributed by atoms with Crippen LogP contribution in [0.25, 0.3) is 0 Å². The van der Waals surface area contributed by atoms with Crippen LogP contribution in [0.5, 0.6) is 0 Å². The van der Waals surface area contributed by atoms with Crippen molar-refractivity contribution in [1.29, 1.82) is 5.26 Å². The van der Waals surface area contributed by atoms with Crippen molar-refractivity contribution < 1.29 is 14.3 Å². The highest BCUT2D eigenvalue weighted by atomic mass is 32.2. The molecule has 2 aromatic carbocycles. The van der Waals surface area contributed by atoms with Crippen LogP contribution in [0.2, 0.25) is 0 Å². The van der Waals surface area contributed by atoms with Crippen molar-refractivity contribution in [2.24, 2.45) is 0 Å². The van der Waals surface area contributed by atoms with Crippen LogP contribution >= 0.6 is 11.8 Å². The van der Waals surface area contributed by atoms with E-state index in [0.29, 0.717) is 11.3 Å². The first kappa shape index (κ1) is 17.6. The molecule has 0 aliphatic carbocycles. The van der Waals surface area contributed by atoms with Gasteiger partial charge < -0.3 is 10.1 Å². The molecule has 122 valence electrons. The van der Waals surface area contributed by atoms with E-state index in [2.05, 4.69) is 5.32 Å². The maximum absolute atomic E-state index is 12.0. The van der Waals surface area contributed by atoms with E-state index in [1.54, 1.807) is 24.3 Å². The normalized spacial score (nSPS) is 11.2. The van der Waals surface area contributed by atoms with Gasteiger partial charge >= 0.3 is 5.97 Å². The molecule has 0 aliphatic heterocycles. The van der Waals surface area contributed by atoms with E-state index in [1.807, 2.05) is 36.4 Å². The highest BCUT2D eigenvalue weighted by Gasteiger charge is 2.18. The van der Waals surface area contributed by atoms with Crippen LogP contribution in [0, 0.1) is 11.3 Å². The van der Waals surface area contributed by atoms with Gasteiger partial charge in [-0.3, -0.25) is 9.59 Å². The van der Waals surface area contributed by atoms with Crippen LogP contribution in [0.15, 0.2) is 59.5 Å². The third kappa shape index (κ3) is 5.45. The zero-order valence-corrected chi connectivity index (χ0v) is 13.9. The molecule has 1 amide bonds. The quantitative estimate of drug-likeness (QED) is 0.645. The van der Waals surface area contributed by atoms with Gasteiger partial charge in [0.25, 0.3) is 5.91 Å². The van der Waals surface area contributed by atoms with Gasteiger partial charge in [0.1, 0.15) is 0 Å². The second-order valence-electron chi connectivity index (χ2n) is 4.92. The largest absolute Gasteiger partial charge is 0.452 e. The van der Waals surface area contributed by atoms with Crippen LogP contribution in [-0.2, 0) is 14.3 Å². The Bertz CT molecular complexity index is 756. The molecule has 0 fully saturated rings. The number of benzene rings is 2. The number of hydrogen-bond donors (Lipinski definition) is 1. The van der Waals surface area contributed by atoms with E-state index >= 15 is 0 Å². The average molecular weight is 340 g/mol. The van der Waals surface area contributed by atoms with Crippen molar-refractivity contribution in [2.75, 3.05) is 11.1 Å². The molecule has 0 unspecified atom stereocenters. The molecule has 0 bridgehead atoms. The van der Waals surface area contributed by atoms with Crippen molar-refractivity contribution >= 4 is 29.3 Å². The molecule has 0 heterocycles. The van der Waals surface area contributed by atoms with E-state index < -0.39 is 18.0 Å². The highest BCUT2D eigenvalue weighted by molar-refractivity contribution is 8.00. The fourth-order valence-corrected chi connectivity index (χ4v) is 2.56. The second kappa shape index (κ2) is 8.75. The maximum atomic E-state index is 12.0. The smallest absolute Gasteiger partial charge is 0.317 e. The lowest BCUT2D eigenvalue weighted by Gasteiger charge is -2.13. The number of ether oxygens (including phenoxy) is 1. The Balaban J connectivity index is 1.82. The molecule has 2 rings (SSSR count). The minimum absolute atomic E-state index is 0.131. The number of carbonyl (C=O) groups excluding carboxylic acids is 2. The Kier molecular flexibility index (Phi) is 6.41. The fourth-order valence-electron chi connectivity index (χ4n) is 1.85. The number of esters is 1. The van der Waals surface area contributed by atoms with Crippen molar-refractivity contribution in [3.63, 3.8) is 0 Å². The predicted octanol–water partition coefficient (Wildman–Crippen LogP) is 3.22. The summed E-state index contributed by atoms with van der Waals surface area (Å²) >= 11 is 1.35. The summed E-state index contributed by atoms with van der Waals surface area (Å²) in [6, 6.07) is 18.0. The van der Waals surface area contributed by atoms with Crippen molar-refractivity contribution in [1.82, 2.24) is 0 Å². The summed E-state index contributed by atoms with van der Waals surface area (Å²) in [7, 11) is 0. The third-order valence-electron chi connectivity index (χ3n) is 3.04. The lowest BCUT2D eigenvalue weighted by Crippen LogP contribution is -2.30. The van der Waals surface area contributed by atoms with E-state index in [4.69, 9.17) is 10.00 Å². The molecule has 1 N–H and O–H groups in total. The summed E-state index contributed by atoms with van der Waals surface area (Å²) in [6.07, 6.45) is -0.917. The second-order valence-corrected chi connectivity index (χ2v) is 5.96. The Labute approximate surface area is 144 Å². The zero-order chi connectivity index (χ0) is 17.4. The van der Waals surface area contributed by atoms with Gasteiger partial charge in [-0.15, -0.1) is 11.8 Å². The van der Waals surface area contributed by atoms with E-state index in [9.17, 15) is 9.59 Å². The van der Waals surface area contributed by atoms with Crippen LogP contribution in [0.1, 0.15) is 12.5 Å². The third-order valence-corrected chi connectivity index (χ3v) is 4.02. The van der Waals surface area contributed by atoms with Crippen LogP contribution < -0.4 is 5.32 Å². The molecule has 0 aromatic heterocycles. The first-order valence-electron chi connectivity index (χ1n) is 7.27. The molecular formula is C18H16N2O3S. The Morgan fingerprint density at radius 2 is 1.96 bits per heavy atom. The summed E-state index contributed by atoms with van der Waals surface area (Å²) in [5.41, 5.74) is 0.928. The number of carbonyl (C=O) groups is 2. The highest BCUT2D eigenvalue weighted by Crippen LogP contribution is 2.17. The molecule has 0 spiro atoms. The first-order chi connectivity index (χ1) is 11.6. The SMILES string of the molecule is C[C@H](OC(=O)CSc1ccccc1)C(=O)Nc1cccc(C#N)c1. The topological polar surface area (TPSA) is 79.2 Å². The van der Waals surface area contributed by atoms with Gasteiger partial charge in [0.05, 0.1) is 17.4 Å². The summed E-state index contributed by atoms with van der Waals surface area (Å²) in [6.45, 7) is 1.51. The number of nitrogens with zero attached hydrogens (tertiary/aromatic N) is 1. The molecule has 0 aliphatic rings. The number of hydrogen-bond acceptors (Lipinski definition) is 5. The number of nitrogens with one attached hydrogen (secondary N) is 1. The molecule has 0 saturated carbocycles. The van der Waals surface area contributed by atoms with E-state index in [1.165, 1.54) is 18.7 Å². The van der Waals surface area contributed by atoms with Crippen LogP contribution in [0.4, 0.5) is 5.69 Å². The van der Waals surface area contributed by atoms with Crippen molar-refractivity contribution in [3.05, 3.63) is 60.2 Å². The number of nitriles is 1. The molecule has 0 saturated heterocycles. The number of amides is 1. The molecular weight excluding hydrogens is 324 g/mol. The van der Waals surface area contributed by atoms with Gasteiger partial charge in [-0.05, 0) is 37.3 Å². The van der Waals surface area contributed by atoms with Gasteiger partial charge in [0, 0.05) is 10.6 Å². The molecule has 5 nitrogen and oxygen atoms in total. The Hall–Kier alpha value is -2.78. The summed E-state index contributed by atoms with van der Waals surface area (Å²) < 4.78 is 5.13. The first-order valence-corrected chi connectivity index (χ1v) is 8.25. The minimum atomic E-state index is -0.917. The summed E-state index contributed by atoms with van der Waals surface area (Å²) in [4.78, 5) is 24.8. The van der Waals surface area contributed by atoms with Gasteiger partial charge in [0.2, 0.25) is 0 Å². The summed E-state index contributed by atoms with van der Waals surface area (Å²) in [5.74, 6) is -0.772. The average Bonchev–Trinajstić information content (AvgIpc) is 2.61. The monoisotopic (exact) mass is 340 g/mol. The van der Waals surface area contributed by atoms with Gasteiger partial charge in [-0.25, -0.2) is 0 Å². The number of anilines is 1. The van der Waals surface area contributed by atoms with Crippen LogP contribution in [-0.4, -0.2) is 23.7 Å². The zero-order valence-electron chi connectivity index (χ0n) is 13.1. The minimum Gasteiger partial charge on any atom is -0.452 e. The van der Waals surface area contributed by atoms with Crippen molar-refractivity contribution in [3.8, 4) is 6.07 Å². The van der Waals surface area contributed by atoms with Crippen molar-refractivity contribution in [2.45, 2.75) is 17.9 Å². The maximum Gasteiger partial charge on any atom is 0.317 e. The number of thioether (sulfide) groups is 1. The Morgan fingerprint density at radius 3 is 2.67 bits per heavy atom. The van der Waals surface area contributed by atoms with E-state index in [-0.39, 0.29) is 5.75 Å². The fraction of sp³-hybridized carbons (Fsp3) is 0.167. The molecule has 24 heavy (non-hydrogen) atoms. The van der Waals surface area contributed by atoms with E-state index in [0.717, 1.165) is 4.90 Å². The predicted molar refractivity (Wildman–Crippen MR) is 92.5 cm³/mol. The van der Waals surface area contributed by atoms with Crippen LogP contribution in [0.3, 0.4) is 0 Å². The van der Waals surface area contributed by atoms with Gasteiger partial charge in [-0.1, -0.05) is 24.3 Å².